The molecule has 0 bridgehead atoms. The van der Waals surface area contributed by atoms with E-state index in [9.17, 15) is 9.90 Å². The van der Waals surface area contributed by atoms with Crippen molar-refractivity contribution >= 4 is 5.91 Å². The zero-order valence-corrected chi connectivity index (χ0v) is 11.6. The van der Waals surface area contributed by atoms with Crippen LogP contribution in [0.25, 0.3) is 0 Å². The maximum Gasteiger partial charge on any atom is 0.220 e. The maximum absolute atomic E-state index is 11.6. The first-order valence-corrected chi connectivity index (χ1v) is 7.36. The van der Waals surface area contributed by atoms with Crippen molar-refractivity contribution in [2.75, 3.05) is 19.6 Å². The number of rotatable bonds is 9. The minimum Gasteiger partial charge on any atom is -0.387 e. The molecule has 1 aliphatic rings. The lowest BCUT2D eigenvalue weighted by Gasteiger charge is -2.21. The van der Waals surface area contributed by atoms with Gasteiger partial charge in [-0.3, -0.25) is 4.79 Å². The first-order chi connectivity index (χ1) is 8.66. The molecule has 1 rings (SSSR count). The summed E-state index contributed by atoms with van der Waals surface area (Å²) in [5, 5.41) is 16.0. The average Bonchev–Trinajstić information content (AvgIpc) is 2.79. The van der Waals surface area contributed by atoms with Gasteiger partial charge in [0.05, 0.1) is 5.60 Å². The number of nitrogens with one attached hydrogen (secondary N) is 2. The Kier molecular flexibility index (Phi) is 7.28. The van der Waals surface area contributed by atoms with Crippen molar-refractivity contribution < 1.29 is 9.90 Å². The zero-order valence-electron chi connectivity index (χ0n) is 11.6. The standard InChI is InChI=1S/C14H28N2O2/c1-2-3-4-5-6-7-8-13(17)16-12-14(18)9-10-15-11-14/h15,18H,2-12H2,1H3,(H,16,17). The average molecular weight is 256 g/mol. The SMILES string of the molecule is CCCCCCCCC(=O)NCC1(O)CCNC1. The topological polar surface area (TPSA) is 61.4 Å². The molecule has 0 aromatic carbocycles. The lowest BCUT2D eigenvalue weighted by molar-refractivity contribution is -0.122. The molecule has 0 aromatic heterocycles. The molecule has 1 unspecified atom stereocenters. The molecular weight excluding hydrogens is 228 g/mol. The molecule has 0 saturated carbocycles. The highest BCUT2D eigenvalue weighted by molar-refractivity contribution is 5.75. The molecule has 0 radical (unpaired) electrons. The summed E-state index contributed by atoms with van der Waals surface area (Å²) >= 11 is 0. The van der Waals surface area contributed by atoms with Gasteiger partial charge in [-0.05, 0) is 19.4 Å². The summed E-state index contributed by atoms with van der Waals surface area (Å²) < 4.78 is 0. The Labute approximate surface area is 111 Å². The van der Waals surface area contributed by atoms with Crippen LogP contribution in [0.4, 0.5) is 0 Å². The molecule has 106 valence electrons. The van der Waals surface area contributed by atoms with Crippen LogP contribution in [0.1, 0.15) is 58.3 Å². The number of amides is 1. The predicted molar refractivity (Wildman–Crippen MR) is 73.4 cm³/mol. The van der Waals surface area contributed by atoms with Crippen LogP contribution in [-0.2, 0) is 4.79 Å². The molecular formula is C14H28N2O2. The lowest BCUT2D eigenvalue weighted by atomic mass is 10.0. The maximum atomic E-state index is 11.6. The summed E-state index contributed by atoms with van der Waals surface area (Å²) in [6, 6.07) is 0. The number of aliphatic hydroxyl groups is 1. The smallest absolute Gasteiger partial charge is 0.220 e. The van der Waals surface area contributed by atoms with Crippen molar-refractivity contribution in [3.63, 3.8) is 0 Å². The highest BCUT2D eigenvalue weighted by Gasteiger charge is 2.30. The molecule has 4 nitrogen and oxygen atoms in total. The van der Waals surface area contributed by atoms with Gasteiger partial charge in [-0.1, -0.05) is 39.0 Å². The van der Waals surface area contributed by atoms with Gasteiger partial charge in [-0.25, -0.2) is 0 Å². The minimum absolute atomic E-state index is 0.0748. The van der Waals surface area contributed by atoms with E-state index in [2.05, 4.69) is 17.6 Å². The van der Waals surface area contributed by atoms with E-state index in [4.69, 9.17) is 0 Å². The van der Waals surface area contributed by atoms with Gasteiger partial charge in [-0.15, -0.1) is 0 Å². The van der Waals surface area contributed by atoms with Crippen molar-refractivity contribution in [2.24, 2.45) is 0 Å². The molecule has 0 spiro atoms. The Hall–Kier alpha value is -0.610. The third kappa shape index (κ3) is 6.36. The van der Waals surface area contributed by atoms with Crippen molar-refractivity contribution in [3.8, 4) is 0 Å². The zero-order chi connectivity index (χ0) is 13.3. The second-order valence-corrected chi connectivity index (χ2v) is 5.45. The molecule has 0 aliphatic carbocycles. The minimum atomic E-state index is -0.725. The third-order valence-corrected chi connectivity index (χ3v) is 3.59. The van der Waals surface area contributed by atoms with Crippen LogP contribution < -0.4 is 10.6 Å². The molecule has 4 heteroatoms. The van der Waals surface area contributed by atoms with Crippen LogP contribution in [0.5, 0.6) is 0 Å². The van der Waals surface area contributed by atoms with Crippen LogP contribution in [0.15, 0.2) is 0 Å². The number of hydrogen-bond acceptors (Lipinski definition) is 3. The van der Waals surface area contributed by atoms with Crippen LogP contribution in [0.3, 0.4) is 0 Å². The molecule has 1 saturated heterocycles. The van der Waals surface area contributed by atoms with E-state index in [0.29, 0.717) is 19.5 Å². The number of carbonyl (C=O) groups is 1. The quantitative estimate of drug-likeness (QED) is 0.549. The Morgan fingerprint density at radius 3 is 2.67 bits per heavy atom. The van der Waals surface area contributed by atoms with Crippen molar-refractivity contribution in [3.05, 3.63) is 0 Å². The molecule has 18 heavy (non-hydrogen) atoms. The van der Waals surface area contributed by atoms with Crippen molar-refractivity contribution in [1.29, 1.82) is 0 Å². The van der Waals surface area contributed by atoms with E-state index in [-0.39, 0.29) is 5.91 Å². The van der Waals surface area contributed by atoms with E-state index in [0.717, 1.165) is 25.8 Å². The fraction of sp³-hybridized carbons (Fsp3) is 0.929. The lowest BCUT2D eigenvalue weighted by Crippen LogP contribution is -2.44. The first kappa shape index (κ1) is 15.4. The summed E-state index contributed by atoms with van der Waals surface area (Å²) in [5.41, 5.74) is -0.725. The fourth-order valence-corrected chi connectivity index (χ4v) is 2.30. The summed E-state index contributed by atoms with van der Waals surface area (Å²) in [5.74, 6) is 0.0748. The summed E-state index contributed by atoms with van der Waals surface area (Å²) in [7, 11) is 0. The van der Waals surface area contributed by atoms with Gasteiger partial charge < -0.3 is 15.7 Å². The monoisotopic (exact) mass is 256 g/mol. The van der Waals surface area contributed by atoms with E-state index in [1.807, 2.05) is 0 Å². The van der Waals surface area contributed by atoms with E-state index in [1.165, 1.54) is 25.7 Å². The summed E-state index contributed by atoms with van der Waals surface area (Å²) in [6.45, 7) is 4.01. The molecule has 1 atom stereocenters. The highest BCUT2D eigenvalue weighted by atomic mass is 16.3. The number of carbonyl (C=O) groups excluding carboxylic acids is 1. The van der Waals surface area contributed by atoms with Gasteiger partial charge in [0, 0.05) is 19.5 Å². The molecule has 0 aromatic rings. The number of β-amino-alcohol motifs (C(OH)–C–C–N with tert-alkyl or cyclic N) is 1. The van der Waals surface area contributed by atoms with E-state index in [1.54, 1.807) is 0 Å². The largest absolute Gasteiger partial charge is 0.387 e. The van der Waals surface area contributed by atoms with Gasteiger partial charge in [0.15, 0.2) is 0 Å². The second-order valence-electron chi connectivity index (χ2n) is 5.45. The Bertz CT molecular complexity index is 238. The second kappa shape index (κ2) is 8.48. The van der Waals surface area contributed by atoms with Gasteiger partial charge in [0.1, 0.15) is 0 Å². The summed E-state index contributed by atoms with van der Waals surface area (Å²) in [6.07, 6.45) is 8.49. The third-order valence-electron chi connectivity index (χ3n) is 3.59. The molecule has 1 fully saturated rings. The van der Waals surface area contributed by atoms with Crippen molar-refractivity contribution in [1.82, 2.24) is 10.6 Å². The van der Waals surface area contributed by atoms with Crippen molar-refractivity contribution in [2.45, 2.75) is 63.9 Å². The van der Waals surface area contributed by atoms with Gasteiger partial charge >= 0.3 is 0 Å². The molecule has 1 aliphatic heterocycles. The fourth-order valence-electron chi connectivity index (χ4n) is 2.30. The van der Waals surface area contributed by atoms with Gasteiger partial charge in [-0.2, -0.15) is 0 Å². The Balaban J connectivity index is 1.97. The van der Waals surface area contributed by atoms with Crippen LogP contribution in [0, 0.1) is 0 Å². The summed E-state index contributed by atoms with van der Waals surface area (Å²) in [4.78, 5) is 11.6. The molecule has 1 heterocycles. The molecule has 3 N–H and O–H groups in total. The Morgan fingerprint density at radius 2 is 2.00 bits per heavy atom. The van der Waals surface area contributed by atoms with E-state index < -0.39 is 5.60 Å². The predicted octanol–water partition coefficient (Wildman–Crippen LogP) is 1.58. The number of unbranched alkanes of at least 4 members (excludes halogenated alkanes) is 5. The Morgan fingerprint density at radius 1 is 1.28 bits per heavy atom. The van der Waals surface area contributed by atoms with E-state index >= 15 is 0 Å². The van der Waals surface area contributed by atoms with Crippen LogP contribution >= 0.6 is 0 Å². The highest BCUT2D eigenvalue weighted by Crippen LogP contribution is 2.12. The van der Waals surface area contributed by atoms with Crippen LogP contribution in [-0.4, -0.2) is 36.2 Å². The normalized spacial score (nSPS) is 23.2. The van der Waals surface area contributed by atoms with Gasteiger partial charge in [0.25, 0.3) is 0 Å². The van der Waals surface area contributed by atoms with Crippen LogP contribution in [0.2, 0.25) is 0 Å². The molecule has 1 amide bonds. The first-order valence-electron chi connectivity index (χ1n) is 7.36. The number of hydrogen-bond donors (Lipinski definition) is 3. The van der Waals surface area contributed by atoms with Gasteiger partial charge in [0.2, 0.25) is 5.91 Å².